The zero-order valence-corrected chi connectivity index (χ0v) is 28.4. The van der Waals surface area contributed by atoms with Crippen molar-refractivity contribution in [3.05, 3.63) is 64.8 Å². The molecule has 0 amide bonds. The van der Waals surface area contributed by atoms with Gasteiger partial charge in [0.25, 0.3) is 0 Å². The Kier molecular flexibility index (Phi) is 11.0. The quantitative estimate of drug-likeness (QED) is 0.166. The molecule has 1 aliphatic rings. The summed E-state index contributed by atoms with van der Waals surface area (Å²) in [5.74, 6) is 0.252. The van der Waals surface area contributed by atoms with Gasteiger partial charge in [0.15, 0.2) is 6.10 Å². The lowest BCUT2D eigenvalue weighted by atomic mass is 9.82. The highest BCUT2D eigenvalue weighted by atomic mass is 35.5. The van der Waals surface area contributed by atoms with E-state index in [1.165, 1.54) is 18.2 Å². The maximum absolute atomic E-state index is 13.6. The number of piperidine rings is 1. The van der Waals surface area contributed by atoms with E-state index in [0.717, 1.165) is 54.0 Å². The summed E-state index contributed by atoms with van der Waals surface area (Å²) in [4.78, 5) is 25.4. The summed E-state index contributed by atoms with van der Waals surface area (Å²) in [6, 6.07) is 7.93. The molecule has 1 atom stereocenters. The maximum atomic E-state index is 13.6. The van der Waals surface area contributed by atoms with Crippen molar-refractivity contribution in [1.82, 2.24) is 9.97 Å². The van der Waals surface area contributed by atoms with Crippen molar-refractivity contribution < 1.29 is 23.4 Å². The molecule has 0 radical (unpaired) electrons. The molecule has 3 heterocycles. The van der Waals surface area contributed by atoms with Gasteiger partial charge in [0.2, 0.25) is 0 Å². The Balaban J connectivity index is 1.65. The van der Waals surface area contributed by atoms with Crippen LogP contribution in [0, 0.1) is 18.2 Å². The summed E-state index contributed by atoms with van der Waals surface area (Å²) in [5.41, 5.74) is 3.76. The second kappa shape index (κ2) is 14.3. The van der Waals surface area contributed by atoms with Crippen LogP contribution >= 0.6 is 11.6 Å². The lowest BCUT2D eigenvalue weighted by Crippen LogP contribution is -2.39. The molecule has 45 heavy (non-hydrogen) atoms. The average molecular weight is 641 g/mol. The van der Waals surface area contributed by atoms with Crippen molar-refractivity contribution in [3.63, 3.8) is 0 Å². The third-order valence-electron chi connectivity index (χ3n) is 7.65. The topological polar surface area (TPSA) is 85.8 Å². The number of anilines is 2. The van der Waals surface area contributed by atoms with Gasteiger partial charge >= 0.3 is 5.97 Å². The normalized spacial score (nSPS) is 15.6. The number of esters is 1. The minimum absolute atomic E-state index is 0.226. The number of hydrogen-bond acceptors (Lipinski definition) is 8. The zero-order chi connectivity index (χ0) is 32.9. The molecule has 8 nitrogen and oxygen atoms in total. The number of nitrogens with one attached hydrogen (secondary N) is 1. The summed E-state index contributed by atoms with van der Waals surface area (Å²) in [7, 11) is 0. The van der Waals surface area contributed by atoms with Gasteiger partial charge in [0, 0.05) is 47.9 Å². The summed E-state index contributed by atoms with van der Waals surface area (Å²) in [6.45, 7) is 18.5. The van der Waals surface area contributed by atoms with Crippen LogP contribution in [0.3, 0.4) is 0 Å². The Labute approximate surface area is 271 Å². The molecule has 1 N–H and O–H groups in total. The highest BCUT2D eigenvalue weighted by Gasteiger charge is 2.37. The maximum Gasteiger partial charge on any atom is 0.340 e. The van der Waals surface area contributed by atoms with Crippen LogP contribution in [0.4, 0.5) is 15.9 Å². The first kappa shape index (κ1) is 34.4. The number of aromatic nitrogens is 2. The molecule has 1 fully saturated rings. The number of halogens is 2. The second-order valence-corrected chi connectivity index (χ2v) is 14.0. The van der Waals surface area contributed by atoms with Gasteiger partial charge in [-0.2, -0.15) is 0 Å². The van der Waals surface area contributed by atoms with E-state index in [0.29, 0.717) is 24.7 Å². The molecular formula is C35H46ClFN4O4. The number of ether oxygens (including phenoxy) is 3. The van der Waals surface area contributed by atoms with Crippen LogP contribution in [0.1, 0.15) is 78.7 Å². The fraction of sp³-hybridized carbons (Fsp3) is 0.514. The van der Waals surface area contributed by atoms with Gasteiger partial charge in [-0.15, -0.1) is 0 Å². The standard InChI is InChI=1S/C35H46ClFN4O4/c1-22(2)44-33(42)32(45-34(4,5)6)30-23(3)39-21-26(31(30)41-16-13-35(7,8)14-17-41)24-9-12-29(40-20-24)38-15-18-43-28-11-10-25(37)19-27(28)36/h9-12,19-22,32H,13-18H2,1-8H3,(H,38,40)/t32-/m0/s1. The molecule has 0 saturated carbocycles. The van der Waals surface area contributed by atoms with Crippen LogP contribution in [0.5, 0.6) is 5.75 Å². The van der Waals surface area contributed by atoms with E-state index in [-0.39, 0.29) is 16.5 Å². The molecular weight excluding hydrogens is 595 g/mol. The van der Waals surface area contributed by atoms with Crippen LogP contribution < -0.4 is 15.0 Å². The number of hydrogen-bond donors (Lipinski definition) is 1. The monoisotopic (exact) mass is 640 g/mol. The zero-order valence-electron chi connectivity index (χ0n) is 27.7. The van der Waals surface area contributed by atoms with Crippen LogP contribution in [-0.4, -0.2) is 53.9 Å². The first-order valence-electron chi connectivity index (χ1n) is 15.5. The molecule has 1 aromatic carbocycles. The fourth-order valence-electron chi connectivity index (χ4n) is 5.27. The Bertz CT molecular complexity index is 1460. The van der Waals surface area contributed by atoms with Crippen molar-refractivity contribution in [3.8, 4) is 16.9 Å². The van der Waals surface area contributed by atoms with Gasteiger partial charge in [-0.25, -0.2) is 14.2 Å². The SMILES string of the molecule is Cc1ncc(-c2ccc(NCCOc3ccc(F)cc3Cl)nc2)c(N2CCC(C)(C)CC2)c1[C@H](OC(C)(C)C)C(=O)OC(C)C. The van der Waals surface area contributed by atoms with Crippen molar-refractivity contribution >= 4 is 29.1 Å². The molecule has 4 rings (SSSR count). The summed E-state index contributed by atoms with van der Waals surface area (Å²) < 4.78 is 31.2. The first-order chi connectivity index (χ1) is 21.1. The minimum atomic E-state index is -0.951. The molecule has 0 spiro atoms. The lowest BCUT2D eigenvalue weighted by molar-refractivity contribution is -0.171. The molecule has 244 valence electrons. The number of aryl methyl sites for hydroxylation is 1. The van der Waals surface area contributed by atoms with Gasteiger partial charge in [0.1, 0.15) is 24.0 Å². The Morgan fingerprint density at radius 1 is 1.11 bits per heavy atom. The fourth-order valence-corrected chi connectivity index (χ4v) is 5.49. The molecule has 3 aromatic rings. The van der Waals surface area contributed by atoms with Gasteiger partial charge in [-0.05, 0) is 90.1 Å². The number of carbonyl (C=O) groups excluding carboxylic acids is 1. The Hall–Kier alpha value is -3.43. The predicted molar refractivity (Wildman–Crippen MR) is 178 cm³/mol. The number of rotatable bonds is 11. The van der Waals surface area contributed by atoms with Crippen molar-refractivity contribution in [2.45, 2.75) is 86.0 Å². The van der Waals surface area contributed by atoms with Gasteiger partial charge in [-0.3, -0.25) is 4.98 Å². The lowest BCUT2D eigenvalue weighted by Gasteiger charge is -2.41. The van der Waals surface area contributed by atoms with Crippen LogP contribution in [-0.2, 0) is 14.3 Å². The van der Waals surface area contributed by atoms with Crippen LogP contribution in [0.15, 0.2) is 42.7 Å². The van der Waals surface area contributed by atoms with Crippen molar-refractivity contribution in [1.29, 1.82) is 0 Å². The predicted octanol–water partition coefficient (Wildman–Crippen LogP) is 8.17. The largest absolute Gasteiger partial charge is 0.490 e. The van der Waals surface area contributed by atoms with Gasteiger partial charge in [0.05, 0.1) is 29.0 Å². The van der Waals surface area contributed by atoms with Gasteiger partial charge in [-0.1, -0.05) is 25.4 Å². The molecule has 0 unspecified atom stereocenters. The highest BCUT2D eigenvalue weighted by Crippen LogP contribution is 2.43. The highest BCUT2D eigenvalue weighted by molar-refractivity contribution is 6.32. The van der Waals surface area contributed by atoms with E-state index in [2.05, 4.69) is 29.0 Å². The number of pyridine rings is 2. The van der Waals surface area contributed by atoms with Crippen molar-refractivity contribution in [2.75, 3.05) is 36.5 Å². The van der Waals surface area contributed by atoms with Crippen LogP contribution in [0.25, 0.3) is 11.1 Å². The molecule has 0 bridgehead atoms. The van der Waals surface area contributed by atoms with E-state index < -0.39 is 23.5 Å². The summed E-state index contributed by atoms with van der Waals surface area (Å²) in [6.07, 6.45) is 4.46. The molecule has 0 aliphatic carbocycles. The average Bonchev–Trinajstić information content (AvgIpc) is 2.95. The van der Waals surface area contributed by atoms with E-state index in [4.69, 9.17) is 30.8 Å². The Morgan fingerprint density at radius 2 is 1.82 bits per heavy atom. The molecule has 1 saturated heterocycles. The van der Waals surface area contributed by atoms with E-state index >= 15 is 0 Å². The van der Waals surface area contributed by atoms with Gasteiger partial charge < -0.3 is 24.4 Å². The summed E-state index contributed by atoms with van der Waals surface area (Å²) in [5, 5.41) is 3.47. The molecule has 10 heteroatoms. The van der Waals surface area contributed by atoms with E-state index in [1.54, 1.807) is 6.20 Å². The van der Waals surface area contributed by atoms with E-state index in [9.17, 15) is 9.18 Å². The van der Waals surface area contributed by atoms with Crippen LogP contribution in [0.2, 0.25) is 5.02 Å². The second-order valence-electron chi connectivity index (χ2n) is 13.5. The van der Waals surface area contributed by atoms with Crippen molar-refractivity contribution in [2.24, 2.45) is 5.41 Å². The smallest absolute Gasteiger partial charge is 0.340 e. The number of carbonyl (C=O) groups is 1. The number of benzene rings is 1. The first-order valence-corrected chi connectivity index (χ1v) is 15.9. The molecule has 2 aromatic heterocycles. The minimum Gasteiger partial charge on any atom is -0.490 e. The third kappa shape index (κ3) is 9.30. The Morgan fingerprint density at radius 3 is 2.42 bits per heavy atom. The number of nitrogens with zero attached hydrogens (tertiary/aromatic N) is 3. The third-order valence-corrected chi connectivity index (χ3v) is 7.95. The van der Waals surface area contributed by atoms with E-state index in [1.807, 2.05) is 59.9 Å². The molecule has 1 aliphatic heterocycles. The summed E-state index contributed by atoms with van der Waals surface area (Å²) >= 11 is 6.06.